The Kier molecular flexibility index (Phi) is 5.72. The number of benzene rings is 2. The van der Waals surface area contributed by atoms with Crippen molar-refractivity contribution in [2.75, 3.05) is 19.0 Å². The van der Waals surface area contributed by atoms with E-state index in [1.807, 2.05) is 67.5 Å². The summed E-state index contributed by atoms with van der Waals surface area (Å²) < 4.78 is 0.996. The molecule has 0 heterocycles. The molecule has 5 heteroatoms. The Hall–Kier alpha value is -2.14. The third-order valence-corrected chi connectivity index (χ3v) is 3.62. The molecule has 0 bridgehead atoms. The number of hydrogen-bond donors (Lipinski definition) is 1. The SMILES string of the molecule is CN(C)c1ccc(/C=N\NC(=O)Cc2ccc(Br)cc2)cc1. The lowest BCUT2D eigenvalue weighted by molar-refractivity contribution is -0.120. The van der Waals surface area contributed by atoms with Crippen molar-refractivity contribution in [2.24, 2.45) is 5.10 Å². The van der Waals surface area contributed by atoms with Gasteiger partial charge in [0, 0.05) is 24.3 Å². The zero-order valence-corrected chi connectivity index (χ0v) is 14.2. The number of halogens is 1. The number of rotatable bonds is 5. The van der Waals surface area contributed by atoms with Crippen molar-refractivity contribution in [2.45, 2.75) is 6.42 Å². The molecule has 114 valence electrons. The third kappa shape index (κ3) is 5.00. The molecule has 0 saturated carbocycles. The molecule has 0 aliphatic rings. The summed E-state index contributed by atoms with van der Waals surface area (Å²) in [6.45, 7) is 0. The topological polar surface area (TPSA) is 44.7 Å². The maximum atomic E-state index is 11.8. The Morgan fingerprint density at radius 1 is 1.14 bits per heavy atom. The molecule has 2 aromatic rings. The van der Waals surface area contributed by atoms with Gasteiger partial charge in [-0.2, -0.15) is 5.10 Å². The molecule has 0 atom stereocenters. The fourth-order valence-electron chi connectivity index (χ4n) is 1.86. The quantitative estimate of drug-likeness (QED) is 0.657. The van der Waals surface area contributed by atoms with Gasteiger partial charge in [0.15, 0.2) is 0 Å². The highest BCUT2D eigenvalue weighted by Crippen LogP contribution is 2.11. The van der Waals surface area contributed by atoms with Crippen LogP contribution in [-0.2, 0) is 11.2 Å². The van der Waals surface area contributed by atoms with Gasteiger partial charge < -0.3 is 4.90 Å². The van der Waals surface area contributed by atoms with Gasteiger partial charge >= 0.3 is 0 Å². The van der Waals surface area contributed by atoms with E-state index in [4.69, 9.17) is 0 Å². The van der Waals surface area contributed by atoms with Crippen LogP contribution in [0.4, 0.5) is 5.69 Å². The first kappa shape index (κ1) is 16.2. The monoisotopic (exact) mass is 359 g/mol. The molecule has 0 aliphatic carbocycles. The molecule has 4 nitrogen and oxygen atoms in total. The van der Waals surface area contributed by atoms with E-state index in [9.17, 15) is 4.79 Å². The van der Waals surface area contributed by atoms with Crippen LogP contribution in [0, 0.1) is 0 Å². The van der Waals surface area contributed by atoms with Gasteiger partial charge in [-0.3, -0.25) is 4.79 Å². The van der Waals surface area contributed by atoms with E-state index in [1.165, 1.54) is 0 Å². The Labute approximate surface area is 139 Å². The summed E-state index contributed by atoms with van der Waals surface area (Å²) in [6.07, 6.45) is 1.95. The molecule has 22 heavy (non-hydrogen) atoms. The molecule has 1 amide bonds. The van der Waals surface area contributed by atoms with Crippen LogP contribution in [0.5, 0.6) is 0 Å². The molecular formula is C17H18BrN3O. The molecular weight excluding hydrogens is 342 g/mol. The molecule has 0 radical (unpaired) electrons. The van der Waals surface area contributed by atoms with Gasteiger partial charge in [0.1, 0.15) is 0 Å². The minimum atomic E-state index is -0.136. The molecule has 0 unspecified atom stereocenters. The first-order valence-electron chi connectivity index (χ1n) is 6.88. The van der Waals surface area contributed by atoms with Gasteiger partial charge in [-0.15, -0.1) is 0 Å². The zero-order valence-electron chi connectivity index (χ0n) is 12.6. The largest absolute Gasteiger partial charge is 0.378 e. The molecule has 0 aromatic heterocycles. The normalized spacial score (nSPS) is 10.7. The van der Waals surface area contributed by atoms with E-state index in [0.29, 0.717) is 6.42 Å². The van der Waals surface area contributed by atoms with Crippen molar-refractivity contribution in [3.05, 3.63) is 64.1 Å². The molecule has 2 rings (SSSR count). The highest BCUT2D eigenvalue weighted by Gasteiger charge is 2.01. The van der Waals surface area contributed by atoms with Gasteiger partial charge in [0.25, 0.3) is 0 Å². The first-order valence-corrected chi connectivity index (χ1v) is 7.67. The minimum Gasteiger partial charge on any atom is -0.378 e. The second-order valence-corrected chi connectivity index (χ2v) is 6.00. The van der Waals surface area contributed by atoms with Gasteiger partial charge in [-0.25, -0.2) is 5.43 Å². The average Bonchev–Trinajstić information content (AvgIpc) is 2.50. The van der Waals surface area contributed by atoms with Crippen molar-refractivity contribution in [3.8, 4) is 0 Å². The van der Waals surface area contributed by atoms with Crippen LogP contribution in [0.1, 0.15) is 11.1 Å². The van der Waals surface area contributed by atoms with Crippen LogP contribution in [0.25, 0.3) is 0 Å². The van der Waals surface area contributed by atoms with Crippen molar-refractivity contribution in [1.29, 1.82) is 0 Å². The van der Waals surface area contributed by atoms with Crippen LogP contribution in [-0.4, -0.2) is 26.2 Å². The van der Waals surface area contributed by atoms with Crippen molar-refractivity contribution >= 4 is 33.7 Å². The lowest BCUT2D eigenvalue weighted by atomic mass is 10.1. The standard InChI is InChI=1S/C17H18BrN3O/c1-21(2)16-9-5-14(6-10-16)12-19-20-17(22)11-13-3-7-15(18)8-4-13/h3-10,12H,11H2,1-2H3,(H,20,22)/b19-12-. The summed E-state index contributed by atoms with van der Waals surface area (Å²) in [5.74, 6) is -0.136. The molecule has 0 aliphatic heterocycles. The predicted octanol–water partition coefficient (Wildman–Crippen LogP) is 3.21. The number of nitrogens with one attached hydrogen (secondary N) is 1. The lowest BCUT2D eigenvalue weighted by Gasteiger charge is -2.11. The number of carbonyl (C=O) groups is 1. The zero-order chi connectivity index (χ0) is 15.9. The van der Waals surface area contributed by atoms with Gasteiger partial charge in [-0.05, 0) is 35.4 Å². The Morgan fingerprint density at radius 2 is 1.77 bits per heavy atom. The smallest absolute Gasteiger partial charge is 0.244 e. The molecule has 0 fully saturated rings. The van der Waals surface area contributed by atoms with E-state index >= 15 is 0 Å². The van der Waals surface area contributed by atoms with Crippen LogP contribution in [0.15, 0.2) is 58.1 Å². The van der Waals surface area contributed by atoms with Crippen LogP contribution in [0.3, 0.4) is 0 Å². The summed E-state index contributed by atoms with van der Waals surface area (Å²) >= 11 is 3.37. The van der Waals surface area contributed by atoms with E-state index in [2.05, 4.69) is 26.5 Å². The summed E-state index contributed by atoms with van der Waals surface area (Å²) in [4.78, 5) is 13.8. The van der Waals surface area contributed by atoms with Crippen molar-refractivity contribution < 1.29 is 4.79 Å². The Morgan fingerprint density at radius 3 is 2.36 bits per heavy atom. The maximum Gasteiger partial charge on any atom is 0.244 e. The number of amides is 1. The average molecular weight is 360 g/mol. The number of hydrazone groups is 1. The first-order chi connectivity index (χ1) is 10.5. The van der Waals surface area contributed by atoms with Crippen molar-refractivity contribution in [1.82, 2.24) is 5.43 Å². The fourth-order valence-corrected chi connectivity index (χ4v) is 2.13. The third-order valence-electron chi connectivity index (χ3n) is 3.09. The highest BCUT2D eigenvalue weighted by atomic mass is 79.9. The second kappa shape index (κ2) is 7.75. The summed E-state index contributed by atoms with van der Waals surface area (Å²) in [5.41, 5.74) is 5.55. The van der Waals surface area contributed by atoms with Crippen LogP contribution < -0.4 is 10.3 Å². The van der Waals surface area contributed by atoms with Crippen LogP contribution >= 0.6 is 15.9 Å². The second-order valence-electron chi connectivity index (χ2n) is 5.08. The highest BCUT2D eigenvalue weighted by molar-refractivity contribution is 9.10. The Bertz CT molecular complexity index is 649. The molecule has 1 N–H and O–H groups in total. The number of hydrogen-bond acceptors (Lipinski definition) is 3. The van der Waals surface area contributed by atoms with E-state index in [1.54, 1.807) is 6.21 Å². The summed E-state index contributed by atoms with van der Waals surface area (Å²) in [5, 5.41) is 3.98. The van der Waals surface area contributed by atoms with Crippen LogP contribution in [0.2, 0.25) is 0 Å². The Balaban J connectivity index is 1.86. The van der Waals surface area contributed by atoms with Gasteiger partial charge in [0.05, 0.1) is 12.6 Å². The number of carbonyl (C=O) groups excluding carboxylic acids is 1. The number of anilines is 1. The van der Waals surface area contributed by atoms with Gasteiger partial charge in [-0.1, -0.05) is 40.2 Å². The van der Waals surface area contributed by atoms with Gasteiger partial charge in [0.2, 0.25) is 5.91 Å². The number of nitrogens with zero attached hydrogens (tertiary/aromatic N) is 2. The van der Waals surface area contributed by atoms with Crippen molar-refractivity contribution in [3.63, 3.8) is 0 Å². The summed E-state index contributed by atoms with van der Waals surface area (Å²) in [6, 6.07) is 15.6. The van der Waals surface area contributed by atoms with E-state index < -0.39 is 0 Å². The summed E-state index contributed by atoms with van der Waals surface area (Å²) in [7, 11) is 3.98. The predicted molar refractivity (Wildman–Crippen MR) is 94.4 cm³/mol. The minimum absolute atomic E-state index is 0.136. The molecule has 2 aromatic carbocycles. The fraction of sp³-hybridized carbons (Fsp3) is 0.176. The van der Waals surface area contributed by atoms with E-state index in [-0.39, 0.29) is 5.91 Å². The van der Waals surface area contributed by atoms with E-state index in [0.717, 1.165) is 21.3 Å². The lowest BCUT2D eigenvalue weighted by Crippen LogP contribution is -2.19. The maximum absolute atomic E-state index is 11.8. The molecule has 0 saturated heterocycles. The molecule has 0 spiro atoms.